The third-order valence-electron chi connectivity index (χ3n) is 2.11. The van der Waals surface area contributed by atoms with Crippen LogP contribution in [0.4, 0.5) is 0 Å². The Morgan fingerprint density at radius 1 is 1.46 bits per heavy atom. The summed E-state index contributed by atoms with van der Waals surface area (Å²) in [6, 6.07) is 6.20. The van der Waals surface area contributed by atoms with Crippen molar-refractivity contribution in [3.8, 4) is 0 Å². The average Bonchev–Trinajstić information content (AvgIpc) is 2.42. The lowest BCUT2D eigenvalue weighted by atomic mass is 10.1. The fourth-order valence-corrected chi connectivity index (χ4v) is 1.58. The standard InChI is InChI=1S/C10H12N2S/c1-6(13)8-3-4-9-10(5-8)12-7(2)11-9/h3-6,13H,1-2H3,(H,11,12). The number of aryl methyl sites for hydroxylation is 1. The number of aromatic amines is 1. The molecule has 0 amide bonds. The van der Waals surface area contributed by atoms with Crippen molar-refractivity contribution in [2.75, 3.05) is 0 Å². The highest BCUT2D eigenvalue weighted by Gasteiger charge is 2.03. The van der Waals surface area contributed by atoms with Gasteiger partial charge in [0.15, 0.2) is 0 Å². The van der Waals surface area contributed by atoms with Crippen LogP contribution in [0.1, 0.15) is 23.6 Å². The molecule has 0 aliphatic rings. The van der Waals surface area contributed by atoms with Crippen molar-refractivity contribution < 1.29 is 0 Å². The molecule has 2 rings (SSSR count). The molecule has 1 N–H and O–H groups in total. The zero-order chi connectivity index (χ0) is 9.42. The maximum Gasteiger partial charge on any atom is 0.104 e. The summed E-state index contributed by atoms with van der Waals surface area (Å²) in [5, 5.41) is 0.271. The number of H-pyrrole nitrogens is 1. The van der Waals surface area contributed by atoms with Gasteiger partial charge in [0.2, 0.25) is 0 Å². The molecule has 3 heteroatoms. The second-order valence-corrected chi connectivity index (χ2v) is 4.05. The zero-order valence-corrected chi connectivity index (χ0v) is 8.60. The third-order valence-corrected chi connectivity index (χ3v) is 2.40. The Morgan fingerprint density at radius 3 is 2.92 bits per heavy atom. The Balaban J connectivity index is 2.61. The second kappa shape index (κ2) is 3.07. The van der Waals surface area contributed by atoms with Gasteiger partial charge in [0, 0.05) is 5.25 Å². The number of imidazole rings is 1. The van der Waals surface area contributed by atoms with E-state index in [1.54, 1.807) is 0 Å². The van der Waals surface area contributed by atoms with E-state index in [1.165, 1.54) is 5.56 Å². The number of benzene rings is 1. The molecule has 0 aliphatic heterocycles. The molecule has 1 aromatic heterocycles. The maximum atomic E-state index is 4.39. The highest BCUT2D eigenvalue weighted by atomic mass is 32.1. The van der Waals surface area contributed by atoms with E-state index in [0.29, 0.717) is 0 Å². The minimum absolute atomic E-state index is 0.271. The van der Waals surface area contributed by atoms with Crippen LogP contribution in [0.3, 0.4) is 0 Å². The van der Waals surface area contributed by atoms with Crippen molar-refractivity contribution in [2.45, 2.75) is 19.1 Å². The van der Waals surface area contributed by atoms with Crippen LogP contribution < -0.4 is 0 Å². The Kier molecular flexibility index (Phi) is 2.04. The van der Waals surface area contributed by atoms with Crippen molar-refractivity contribution >= 4 is 23.7 Å². The molecule has 0 aliphatic carbocycles. The Hall–Kier alpha value is -0.960. The number of hydrogen-bond acceptors (Lipinski definition) is 2. The van der Waals surface area contributed by atoms with Crippen molar-refractivity contribution in [3.05, 3.63) is 29.6 Å². The fourth-order valence-electron chi connectivity index (χ4n) is 1.41. The van der Waals surface area contributed by atoms with Gasteiger partial charge in [0.25, 0.3) is 0 Å². The predicted octanol–water partition coefficient (Wildman–Crippen LogP) is 2.86. The molecule has 0 spiro atoms. The molecular weight excluding hydrogens is 180 g/mol. The van der Waals surface area contributed by atoms with Crippen LogP contribution in [0.15, 0.2) is 18.2 Å². The number of nitrogens with zero attached hydrogens (tertiary/aromatic N) is 1. The molecule has 1 unspecified atom stereocenters. The highest BCUT2D eigenvalue weighted by molar-refractivity contribution is 7.80. The summed E-state index contributed by atoms with van der Waals surface area (Å²) in [7, 11) is 0. The average molecular weight is 192 g/mol. The Bertz CT molecular complexity index is 431. The van der Waals surface area contributed by atoms with Gasteiger partial charge in [0.05, 0.1) is 11.0 Å². The number of fused-ring (bicyclic) bond motifs is 1. The quantitative estimate of drug-likeness (QED) is 0.668. The van der Waals surface area contributed by atoms with Gasteiger partial charge < -0.3 is 4.98 Å². The maximum absolute atomic E-state index is 4.39. The molecule has 2 aromatic rings. The number of thiol groups is 1. The summed E-state index contributed by atoms with van der Waals surface area (Å²) < 4.78 is 0. The smallest absolute Gasteiger partial charge is 0.104 e. The fraction of sp³-hybridized carbons (Fsp3) is 0.300. The summed E-state index contributed by atoms with van der Waals surface area (Å²) in [6.45, 7) is 4.03. The van der Waals surface area contributed by atoms with Gasteiger partial charge >= 0.3 is 0 Å². The van der Waals surface area contributed by atoms with Gasteiger partial charge in [-0.05, 0) is 31.5 Å². The first-order valence-electron chi connectivity index (χ1n) is 4.31. The van der Waals surface area contributed by atoms with E-state index in [2.05, 4.69) is 41.7 Å². The highest BCUT2D eigenvalue weighted by Crippen LogP contribution is 2.22. The molecule has 0 radical (unpaired) electrons. The summed E-state index contributed by atoms with van der Waals surface area (Å²) in [4.78, 5) is 7.54. The first-order valence-corrected chi connectivity index (χ1v) is 4.83. The number of rotatable bonds is 1. The first kappa shape index (κ1) is 8.63. The van der Waals surface area contributed by atoms with E-state index in [0.717, 1.165) is 16.9 Å². The van der Waals surface area contributed by atoms with E-state index >= 15 is 0 Å². The minimum atomic E-state index is 0.271. The number of aromatic nitrogens is 2. The molecule has 1 atom stereocenters. The molecule has 13 heavy (non-hydrogen) atoms. The van der Waals surface area contributed by atoms with E-state index < -0.39 is 0 Å². The molecule has 0 saturated heterocycles. The van der Waals surface area contributed by atoms with E-state index in [1.807, 2.05) is 13.0 Å². The van der Waals surface area contributed by atoms with Crippen LogP contribution in [-0.4, -0.2) is 9.97 Å². The Morgan fingerprint density at radius 2 is 2.23 bits per heavy atom. The van der Waals surface area contributed by atoms with Gasteiger partial charge in [-0.3, -0.25) is 0 Å². The summed E-state index contributed by atoms with van der Waals surface area (Å²) in [5.41, 5.74) is 3.34. The first-order chi connectivity index (χ1) is 6.16. The van der Waals surface area contributed by atoms with Gasteiger partial charge in [0.1, 0.15) is 5.82 Å². The predicted molar refractivity (Wildman–Crippen MR) is 58.2 cm³/mol. The van der Waals surface area contributed by atoms with Crippen molar-refractivity contribution in [3.63, 3.8) is 0 Å². The number of hydrogen-bond donors (Lipinski definition) is 2. The summed E-state index contributed by atoms with van der Waals surface area (Å²) >= 11 is 4.39. The summed E-state index contributed by atoms with van der Waals surface area (Å²) in [6.07, 6.45) is 0. The van der Waals surface area contributed by atoms with Crippen molar-refractivity contribution in [1.29, 1.82) is 0 Å². The third kappa shape index (κ3) is 1.56. The lowest BCUT2D eigenvalue weighted by Crippen LogP contribution is -1.83. The molecule has 0 saturated carbocycles. The Labute approximate surface area is 82.8 Å². The molecule has 68 valence electrons. The second-order valence-electron chi connectivity index (χ2n) is 3.27. The van der Waals surface area contributed by atoms with E-state index in [-0.39, 0.29) is 5.25 Å². The SMILES string of the molecule is Cc1nc2ccc(C(C)S)cc2[nH]1. The van der Waals surface area contributed by atoms with Crippen molar-refractivity contribution in [1.82, 2.24) is 9.97 Å². The molecule has 1 aromatic carbocycles. The molecular formula is C10H12N2S. The van der Waals surface area contributed by atoms with Gasteiger partial charge in [-0.25, -0.2) is 4.98 Å². The normalized spacial score (nSPS) is 13.5. The lowest BCUT2D eigenvalue weighted by molar-refractivity contribution is 1.11. The minimum Gasteiger partial charge on any atom is -0.342 e. The summed E-state index contributed by atoms with van der Waals surface area (Å²) in [5.74, 6) is 0.957. The largest absolute Gasteiger partial charge is 0.342 e. The molecule has 1 heterocycles. The van der Waals surface area contributed by atoms with Crippen LogP contribution in [-0.2, 0) is 0 Å². The van der Waals surface area contributed by atoms with Crippen LogP contribution >= 0.6 is 12.6 Å². The zero-order valence-electron chi connectivity index (χ0n) is 7.70. The van der Waals surface area contributed by atoms with Crippen LogP contribution in [0, 0.1) is 6.92 Å². The van der Waals surface area contributed by atoms with E-state index in [4.69, 9.17) is 0 Å². The lowest BCUT2D eigenvalue weighted by Gasteiger charge is -2.02. The van der Waals surface area contributed by atoms with Gasteiger partial charge in [-0.15, -0.1) is 0 Å². The van der Waals surface area contributed by atoms with Crippen LogP contribution in [0.2, 0.25) is 0 Å². The topological polar surface area (TPSA) is 28.7 Å². The van der Waals surface area contributed by atoms with Crippen LogP contribution in [0.5, 0.6) is 0 Å². The van der Waals surface area contributed by atoms with E-state index in [9.17, 15) is 0 Å². The van der Waals surface area contributed by atoms with Gasteiger partial charge in [-0.1, -0.05) is 6.07 Å². The van der Waals surface area contributed by atoms with Crippen LogP contribution in [0.25, 0.3) is 11.0 Å². The monoisotopic (exact) mass is 192 g/mol. The van der Waals surface area contributed by atoms with Crippen molar-refractivity contribution in [2.24, 2.45) is 0 Å². The van der Waals surface area contributed by atoms with Gasteiger partial charge in [-0.2, -0.15) is 12.6 Å². The number of nitrogens with one attached hydrogen (secondary N) is 1. The molecule has 2 nitrogen and oxygen atoms in total. The molecule has 0 fully saturated rings. The molecule has 0 bridgehead atoms.